The molecule has 1 fully saturated rings. The van der Waals surface area contributed by atoms with E-state index in [9.17, 15) is 8.42 Å². The first kappa shape index (κ1) is 15.6. The first-order chi connectivity index (χ1) is 10.4. The Bertz CT molecular complexity index is 827. The summed E-state index contributed by atoms with van der Waals surface area (Å²) in [6, 6.07) is 8.68. The van der Waals surface area contributed by atoms with Gasteiger partial charge in [-0.25, -0.2) is 8.42 Å². The number of hydrogen-bond acceptors (Lipinski definition) is 4. The van der Waals surface area contributed by atoms with E-state index in [2.05, 4.69) is 4.99 Å². The first-order valence-corrected chi connectivity index (χ1v) is 9.30. The van der Waals surface area contributed by atoms with Crippen LogP contribution in [0.25, 0.3) is 11.3 Å². The molecule has 0 bridgehead atoms. The zero-order valence-electron chi connectivity index (χ0n) is 11.5. The molecule has 0 amide bonds. The normalized spacial score (nSPS) is 20.7. The Morgan fingerprint density at radius 1 is 1.23 bits per heavy atom. The van der Waals surface area contributed by atoms with Gasteiger partial charge < -0.3 is 4.42 Å². The van der Waals surface area contributed by atoms with E-state index in [-0.39, 0.29) is 17.5 Å². The van der Waals surface area contributed by atoms with E-state index in [4.69, 9.17) is 27.6 Å². The molecule has 0 radical (unpaired) electrons. The summed E-state index contributed by atoms with van der Waals surface area (Å²) in [6.07, 6.45) is 2.12. The van der Waals surface area contributed by atoms with Crippen molar-refractivity contribution in [1.29, 1.82) is 0 Å². The smallest absolute Gasteiger partial charge is 0.152 e. The zero-order chi connectivity index (χ0) is 15.7. The summed E-state index contributed by atoms with van der Waals surface area (Å²) in [6.45, 7) is 0. The Balaban J connectivity index is 1.78. The van der Waals surface area contributed by atoms with Crippen molar-refractivity contribution >= 4 is 39.3 Å². The average molecular weight is 358 g/mol. The number of halogens is 2. The average Bonchev–Trinajstić information content (AvgIpc) is 3.06. The van der Waals surface area contributed by atoms with Crippen LogP contribution in [0.1, 0.15) is 12.2 Å². The molecule has 7 heteroatoms. The minimum atomic E-state index is -2.92. The molecule has 1 atom stereocenters. The van der Waals surface area contributed by atoms with Gasteiger partial charge in [-0.2, -0.15) is 0 Å². The lowest BCUT2D eigenvalue weighted by atomic mass is 10.2. The second kappa shape index (κ2) is 6.07. The highest BCUT2D eigenvalue weighted by atomic mass is 35.5. The molecule has 116 valence electrons. The third kappa shape index (κ3) is 3.37. The largest absolute Gasteiger partial charge is 0.455 e. The van der Waals surface area contributed by atoms with Gasteiger partial charge >= 0.3 is 0 Å². The van der Waals surface area contributed by atoms with Gasteiger partial charge in [-0.3, -0.25) is 4.99 Å². The van der Waals surface area contributed by atoms with Crippen LogP contribution >= 0.6 is 23.2 Å². The summed E-state index contributed by atoms with van der Waals surface area (Å²) >= 11 is 12.1. The van der Waals surface area contributed by atoms with Gasteiger partial charge in [-0.15, -0.1) is 0 Å². The van der Waals surface area contributed by atoms with E-state index in [1.54, 1.807) is 30.5 Å². The van der Waals surface area contributed by atoms with Gasteiger partial charge in [0.25, 0.3) is 0 Å². The minimum Gasteiger partial charge on any atom is -0.455 e. The fourth-order valence-electron chi connectivity index (χ4n) is 2.33. The lowest BCUT2D eigenvalue weighted by Gasteiger charge is -2.02. The van der Waals surface area contributed by atoms with E-state index >= 15 is 0 Å². The maximum absolute atomic E-state index is 11.4. The second-order valence-electron chi connectivity index (χ2n) is 5.14. The van der Waals surface area contributed by atoms with E-state index in [1.165, 1.54) is 0 Å². The summed E-state index contributed by atoms with van der Waals surface area (Å²) < 4.78 is 28.4. The molecule has 0 N–H and O–H groups in total. The number of nitrogens with zero attached hydrogens (tertiary/aromatic N) is 1. The lowest BCUT2D eigenvalue weighted by Crippen LogP contribution is -2.07. The van der Waals surface area contributed by atoms with E-state index in [1.807, 2.05) is 6.07 Å². The van der Waals surface area contributed by atoms with Gasteiger partial charge in [-0.05, 0) is 30.7 Å². The van der Waals surface area contributed by atoms with Crippen molar-refractivity contribution in [1.82, 2.24) is 0 Å². The Morgan fingerprint density at radius 3 is 2.77 bits per heavy atom. The predicted octanol–water partition coefficient (Wildman–Crippen LogP) is 3.86. The van der Waals surface area contributed by atoms with Crippen LogP contribution in [-0.4, -0.2) is 32.2 Å². The molecule has 1 saturated heterocycles. The summed E-state index contributed by atoms with van der Waals surface area (Å²) in [5, 5.41) is 0.894. The Labute approximate surface area is 138 Å². The maximum atomic E-state index is 11.4. The number of benzene rings is 1. The highest BCUT2D eigenvalue weighted by Crippen LogP contribution is 2.34. The highest BCUT2D eigenvalue weighted by Gasteiger charge is 2.26. The molecule has 4 nitrogen and oxygen atoms in total. The third-order valence-electron chi connectivity index (χ3n) is 3.46. The third-order valence-corrected chi connectivity index (χ3v) is 6.03. The van der Waals surface area contributed by atoms with Crippen LogP contribution in [0, 0.1) is 0 Å². The van der Waals surface area contributed by atoms with Crippen molar-refractivity contribution in [3.63, 3.8) is 0 Å². The SMILES string of the molecule is O=S1(=O)CC[C@@H](N=Cc2ccc(-c3cccc(Cl)c3Cl)o2)C1. The summed E-state index contributed by atoms with van der Waals surface area (Å²) in [5.74, 6) is 1.46. The summed E-state index contributed by atoms with van der Waals surface area (Å²) in [7, 11) is -2.92. The van der Waals surface area contributed by atoms with Crippen LogP contribution in [-0.2, 0) is 9.84 Å². The van der Waals surface area contributed by atoms with E-state index in [0.29, 0.717) is 33.6 Å². The molecule has 1 aromatic heterocycles. The molecule has 1 aromatic carbocycles. The number of aliphatic imine (C=N–C) groups is 1. The van der Waals surface area contributed by atoms with Gasteiger partial charge in [0, 0.05) is 5.56 Å². The molecular formula is C15H13Cl2NO3S. The van der Waals surface area contributed by atoms with Crippen LogP contribution in [0.2, 0.25) is 10.0 Å². The highest BCUT2D eigenvalue weighted by molar-refractivity contribution is 7.91. The monoisotopic (exact) mass is 357 g/mol. The van der Waals surface area contributed by atoms with Crippen molar-refractivity contribution < 1.29 is 12.8 Å². The number of sulfone groups is 1. The quantitative estimate of drug-likeness (QED) is 0.783. The van der Waals surface area contributed by atoms with Gasteiger partial charge in [0.15, 0.2) is 9.84 Å². The van der Waals surface area contributed by atoms with Crippen molar-refractivity contribution in [2.75, 3.05) is 11.5 Å². The second-order valence-corrected chi connectivity index (χ2v) is 8.15. The maximum Gasteiger partial charge on any atom is 0.152 e. The van der Waals surface area contributed by atoms with Crippen LogP contribution < -0.4 is 0 Å². The van der Waals surface area contributed by atoms with Crippen molar-refractivity contribution in [3.8, 4) is 11.3 Å². The Morgan fingerprint density at radius 2 is 2.05 bits per heavy atom. The molecule has 0 aliphatic carbocycles. The molecule has 0 saturated carbocycles. The fraction of sp³-hybridized carbons (Fsp3) is 0.267. The number of rotatable bonds is 3. The molecule has 0 unspecified atom stereocenters. The van der Waals surface area contributed by atoms with Crippen LogP contribution in [0.3, 0.4) is 0 Å². The van der Waals surface area contributed by atoms with Crippen LogP contribution in [0.5, 0.6) is 0 Å². The first-order valence-electron chi connectivity index (χ1n) is 6.72. The molecule has 1 aliphatic rings. The Kier molecular flexibility index (Phi) is 4.30. The number of furan rings is 1. The molecule has 3 rings (SSSR count). The topological polar surface area (TPSA) is 59.6 Å². The summed E-state index contributed by atoms with van der Waals surface area (Å²) in [5.41, 5.74) is 0.706. The van der Waals surface area contributed by atoms with Crippen LogP contribution in [0.4, 0.5) is 0 Å². The Hall–Kier alpha value is -1.30. The van der Waals surface area contributed by atoms with Crippen LogP contribution in [0.15, 0.2) is 39.7 Å². The minimum absolute atomic E-state index is 0.108. The van der Waals surface area contributed by atoms with Crippen molar-refractivity contribution in [2.45, 2.75) is 12.5 Å². The lowest BCUT2D eigenvalue weighted by molar-refractivity contribution is 0.573. The van der Waals surface area contributed by atoms with Crippen molar-refractivity contribution in [3.05, 3.63) is 46.1 Å². The number of hydrogen-bond donors (Lipinski definition) is 0. The molecule has 0 spiro atoms. The predicted molar refractivity (Wildman–Crippen MR) is 88.8 cm³/mol. The standard InChI is InChI=1S/C15H13Cl2NO3S/c16-13-3-1-2-12(15(13)17)14-5-4-11(21-14)8-18-10-6-7-22(19,20)9-10/h1-5,8,10H,6-7,9H2/t10-/m1/s1. The van der Waals surface area contributed by atoms with Gasteiger partial charge in [0.1, 0.15) is 11.5 Å². The fourth-order valence-corrected chi connectivity index (χ4v) is 4.36. The van der Waals surface area contributed by atoms with Crippen molar-refractivity contribution in [2.24, 2.45) is 4.99 Å². The zero-order valence-corrected chi connectivity index (χ0v) is 13.8. The summed E-state index contributed by atoms with van der Waals surface area (Å²) in [4.78, 5) is 4.28. The van der Waals surface area contributed by atoms with E-state index in [0.717, 1.165) is 0 Å². The van der Waals surface area contributed by atoms with Gasteiger partial charge in [0.05, 0.1) is 33.8 Å². The molecular weight excluding hydrogens is 345 g/mol. The molecule has 2 aromatic rings. The molecule has 1 aliphatic heterocycles. The molecule has 22 heavy (non-hydrogen) atoms. The van der Waals surface area contributed by atoms with Gasteiger partial charge in [0.2, 0.25) is 0 Å². The molecule has 2 heterocycles. The van der Waals surface area contributed by atoms with E-state index < -0.39 is 9.84 Å². The van der Waals surface area contributed by atoms with Gasteiger partial charge in [-0.1, -0.05) is 29.3 Å².